The molecule has 150 valence electrons. The fraction of sp³-hybridized carbons (Fsp3) is 0.364. The highest BCUT2D eigenvalue weighted by Gasteiger charge is 2.27. The van der Waals surface area contributed by atoms with Gasteiger partial charge in [0.15, 0.2) is 6.79 Å². The normalized spacial score (nSPS) is 16.0. The fourth-order valence-corrected chi connectivity index (χ4v) is 3.98. The molecule has 1 aromatic heterocycles. The van der Waals surface area contributed by atoms with E-state index >= 15 is 0 Å². The molecule has 2 heterocycles. The molecule has 1 aromatic carbocycles. The maximum absolute atomic E-state index is 12.5. The number of hydrogen-bond donors (Lipinski definition) is 0. The molecule has 0 radical (unpaired) electrons. The number of benzene rings is 1. The lowest BCUT2D eigenvalue weighted by atomic mass is 10.1. The molecular formula is C22H21ClN2O4. The lowest BCUT2D eigenvalue weighted by Crippen LogP contribution is -2.14. The van der Waals surface area contributed by atoms with Gasteiger partial charge in [0.25, 0.3) is 0 Å². The van der Waals surface area contributed by atoms with Gasteiger partial charge in [0, 0.05) is 33.6 Å². The van der Waals surface area contributed by atoms with Gasteiger partial charge in [0.1, 0.15) is 24.0 Å². The number of hydrogen-bond acceptors (Lipinski definition) is 5. The summed E-state index contributed by atoms with van der Waals surface area (Å²) in [6.45, 7) is 4.53. The monoisotopic (exact) mass is 412 g/mol. The SMILES string of the molecule is Cc1cc(/C=C(\C#N)C(=O)OCc2cc(Cl)cc3c2OCOC3)c(C)n1C1CC1. The molecule has 1 aliphatic heterocycles. The molecule has 0 N–H and O–H groups in total. The third kappa shape index (κ3) is 4.02. The molecule has 29 heavy (non-hydrogen) atoms. The topological polar surface area (TPSA) is 73.5 Å². The van der Waals surface area contributed by atoms with Gasteiger partial charge in [-0.1, -0.05) is 11.6 Å². The molecule has 2 aromatic rings. The Bertz CT molecular complexity index is 1040. The number of aryl methyl sites for hydroxylation is 1. The van der Waals surface area contributed by atoms with Crippen LogP contribution < -0.4 is 4.74 Å². The van der Waals surface area contributed by atoms with E-state index < -0.39 is 5.97 Å². The van der Waals surface area contributed by atoms with Crippen LogP contribution in [0, 0.1) is 25.2 Å². The van der Waals surface area contributed by atoms with E-state index in [1.807, 2.05) is 26.0 Å². The highest BCUT2D eigenvalue weighted by atomic mass is 35.5. The zero-order valence-corrected chi connectivity index (χ0v) is 17.1. The lowest BCUT2D eigenvalue weighted by Gasteiger charge is -2.21. The van der Waals surface area contributed by atoms with Gasteiger partial charge in [-0.15, -0.1) is 0 Å². The Morgan fingerprint density at radius 2 is 2.17 bits per heavy atom. The van der Waals surface area contributed by atoms with Crippen molar-refractivity contribution in [2.24, 2.45) is 0 Å². The van der Waals surface area contributed by atoms with Gasteiger partial charge >= 0.3 is 5.97 Å². The highest BCUT2D eigenvalue weighted by molar-refractivity contribution is 6.30. The predicted molar refractivity (Wildman–Crippen MR) is 107 cm³/mol. The van der Waals surface area contributed by atoms with E-state index in [9.17, 15) is 10.1 Å². The molecular weight excluding hydrogens is 392 g/mol. The molecule has 1 fully saturated rings. The van der Waals surface area contributed by atoms with E-state index in [1.165, 1.54) is 12.8 Å². The molecule has 0 atom stereocenters. The van der Waals surface area contributed by atoms with Crippen molar-refractivity contribution in [2.75, 3.05) is 6.79 Å². The van der Waals surface area contributed by atoms with E-state index in [-0.39, 0.29) is 19.0 Å². The summed E-state index contributed by atoms with van der Waals surface area (Å²) in [5.41, 5.74) is 4.46. The maximum atomic E-state index is 12.5. The number of fused-ring (bicyclic) bond motifs is 1. The van der Waals surface area contributed by atoms with Crippen LogP contribution in [0.1, 0.15) is 47.0 Å². The molecule has 2 aliphatic rings. The first-order chi connectivity index (χ1) is 14.0. The average Bonchev–Trinajstić information content (AvgIpc) is 3.49. The number of carbonyl (C=O) groups is 1. The molecule has 6 nitrogen and oxygen atoms in total. The highest BCUT2D eigenvalue weighted by Crippen LogP contribution is 2.38. The third-order valence-corrected chi connectivity index (χ3v) is 5.40. The first kappa shape index (κ1) is 19.6. The molecule has 1 saturated carbocycles. The van der Waals surface area contributed by atoms with Crippen LogP contribution in [0.15, 0.2) is 23.8 Å². The summed E-state index contributed by atoms with van der Waals surface area (Å²) in [6.07, 6.45) is 3.94. The first-order valence-corrected chi connectivity index (χ1v) is 9.85. The van der Waals surface area contributed by atoms with Crippen LogP contribution in [-0.4, -0.2) is 17.3 Å². The summed E-state index contributed by atoms with van der Waals surface area (Å²) >= 11 is 6.14. The number of carbonyl (C=O) groups excluding carboxylic acids is 1. The van der Waals surface area contributed by atoms with Crippen LogP contribution in [0.25, 0.3) is 6.08 Å². The van der Waals surface area contributed by atoms with Crippen molar-refractivity contribution in [2.45, 2.75) is 45.9 Å². The van der Waals surface area contributed by atoms with Gasteiger partial charge in [0.2, 0.25) is 0 Å². The summed E-state index contributed by atoms with van der Waals surface area (Å²) in [4.78, 5) is 12.5. The first-order valence-electron chi connectivity index (χ1n) is 9.47. The Labute approximate surface area is 174 Å². The molecule has 4 rings (SSSR count). The molecule has 0 saturated heterocycles. The van der Waals surface area contributed by atoms with E-state index in [1.54, 1.807) is 18.2 Å². The smallest absolute Gasteiger partial charge is 0.349 e. The second-order valence-electron chi connectivity index (χ2n) is 7.34. The Kier molecular flexibility index (Phi) is 5.35. The summed E-state index contributed by atoms with van der Waals surface area (Å²) in [7, 11) is 0. The molecule has 0 amide bonds. The Morgan fingerprint density at radius 1 is 1.38 bits per heavy atom. The zero-order valence-electron chi connectivity index (χ0n) is 16.3. The summed E-state index contributed by atoms with van der Waals surface area (Å²) < 4.78 is 18.4. The van der Waals surface area contributed by atoms with Crippen LogP contribution >= 0.6 is 11.6 Å². The molecule has 7 heteroatoms. The molecule has 0 bridgehead atoms. The van der Waals surface area contributed by atoms with Crippen molar-refractivity contribution in [1.29, 1.82) is 5.26 Å². The van der Waals surface area contributed by atoms with Gasteiger partial charge in [0.05, 0.1) is 6.61 Å². The van der Waals surface area contributed by atoms with Crippen LogP contribution in [-0.2, 0) is 27.5 Å². The minimum absolute atomic E-state index is 0.0398. The number of nitrogens with zero attached hydrogens (tertiary/aromatic N) is 2. The maximum Gasteiger partial charge on any atom is 0.349 e. The third-order valence-electron chi connectivity index (χ3n) is 5.19. The average molecular weight is 413 g/mol. The van der Waals surface area contributed by atoms with Gasteiger partial charge in [-0.2, -0.15) is 5.26 Å². The second kappa shape index (κ2) is 7.94. The van der Waals surface area contributed by atoms with E-state index in [2.05, 4.69) is 4.57 Å². The van der Waals surface area contributed by atoms with E-state index in [0.717, 1.165) is 22.5 Å². The number of rotatable bonds is 5. The van der Waals surface area contributed by atoms with Crippen molar-refractivity contribution >= 4 is 23.6 Å². The largest absolute Gasteiger partial charge is 0.467 e. The Hall–Kier alpha value is -2.75. The van der Waals surface area contributed by atoms with Gasteiger partial charge in [-0.25, -0.2) is 4.79 Å². The quantitative estimate of drug-likeness (QED) is 0.407. The number of ether oxygens (including phenoxy) is 3. The van der Waals surface area contributed by atoms with E-state index in [4.69, 9.17) is 25.8 Å². The van der Waals surface area contributed by atoms with Crippen molar-refractivity contribution in [3.8, 4) is 11.8 Å². The summed E-state index contributed by atoms with van der Waals surface area (Å²) in [5.74, 6) is -0.0616. The minimum atomic E-state index is -0.676. The Balaban J connectivity index is 1.52. The molecule has 0 spiro atoms. The summed E-state index contributed by atoms with van der Waals surface area (Å²) in [6, 6.07) is 7.95. The van der Waals surface area contributed by atoms with Crippen LogP contribution in [0.3, 0.4) is 0 Å². The van der Waals surface area contributed by atoms with Crippen molar-refractivity contribution in [1.82, 2.24) is 4.57 Å². The standard InChI is InChI=1S/C22H21ClN2O4/c1-13-5-15(14(2)25(13)20-3-4-20)6-16(9-24)22(26)28-11-18-8-19(23)7-17-10-27-12-29-21(17)18/h5-8,20H,3-4,10-12H2,1-2H3/b16-6+. The van der Waals surface area contributed by atoms with Gasteiger partial charge in [-0.3, -0.25) is 0 Å². The zero-order chi connectivity index (χ0) is 20.5. The lowest BCUT2D eigenvalue weighted by molar-refractivity contribution is -0.139. The van der Waals surface area contributed by atoms with Crippen molar-refractivity contribution in [3.63, 3.8) is 0 Å². The predicted octanol–water partition coefficient (Wildman–Crippen LogP) is 4.61. The van der Waals surface area contributed by atoms with Crippen molar-refractivity contribution in [3.05, 3.63) is 56.9 Å². The summed E-state index contributed by atoms with van der Waals surface area (Å²) in [5, 5.41) is 10.00. The molecule has 0 unspecified atom stereocenters. The van der Waals surface area contributed by atoms with Crippen LogP contribution in [0.2, 0.25) is 5.02 Å². The van der Waals surface area contributed by atoms with Crippen LogP contribution in [0.5, 0.6) is 5.75 Å². The number of halogens is 1. The second-order valence-corrected chi connectivity index (χ2v) is 7.77. The molecule has 1 aliphatic carbocycles. The number of aromatic nitrogens is 1. The van der Waals surface area contributed by atoms with Crippen LogP contribution in [0.4, 0.5) is 0 Å². The number of nitriles is 1. The number of esters is 1. The fourth-order valence-electron chi connectivity index (χ4n) is 3.72. The van der Waals surface area contributed by atoms with E-state index in [0.29, 0.717) is 29.0 Å². The Morgan fingerprint density at radius 3 is 2.90 bits per heavy atom. The minimum Gasteiger partial charge on any atom is -0.467 e. The van der Waals surface area contributed by atoms with Crippen molar-refractivity contribution < 1.29 is 19.0 Å². The van der Waals surface area contributed by atoms with Gasteiger partial charge < -0.3 is 18.8 Å². The van der Waals surface area contributed by atoms with Gasteiger partial charge in [-0.05, 0) is 56.5 Å².